The van der Waals surface area contributed by atoms with E-state index < -0.39 is 11.7 Å². The molecule has 0 spiro atoms. The summed E-state index contributed by atoms with van der Waals surface area (Å²) in [5.74, 6) is 0. The summed E-state index contributed by atoms with van der Waals surface area (Å²) in [6, 6.07) is 18.8. The Bertz CT molecular complexity index is 1390. The van der Waals surface area contributed by atoms with Crippen LogP contribution in [0.1, 0.15) is 24.0 Å². The highest BCUT2D eigenvalue weighted by Gasteiger charge is 2.34. The second kappa shape index (κ2) is 7.70. The van der Waals surface area contributed by atoms with Crippen molar-refractivity contribution in [3.8, 4) is 11.3 Å². The number of unbranched alkanes of at least 4 members (excludes halogenated alkanes) is 1. The normalized spacial score (nSPS) is 12.4. The van der Waals surface area contributed by atoms with Crippen molar-refractivity contribution in [1.82, 2.24) is 4.98 Å². The van der Waals surface area contributed by atoms with Gasteiger partial charge >= 0.3 is 6.18 Å². The summed E-state index contributed by atoms with van der Waals surface area (Å²) in [7, 11) is 0. The van der Waals surface area contributed by atoms with Crippen LogP contribution in [0.2, 0.25) is 0 Å². The first-order valence-electron chi connectivity index (χ1n) is 10.3. The van der Waals surface area contributed by atoms with Crippen LogP contribution in [0.4, 0.5) is 13.2 Å². The van der Waals surface area contributed by atoms with Gasteiger partial charge in [-0.05, 0) is 61.2 Å². The van der Waals surface area contributed by atoms with Gasteiger partial charge in [-0.15, -0.1) is 11.3 Å². The fourth-order valence-corrected chi connectivity index (χ4v) is 5.43. The van der Waals surface area contributed by atoms with E-state index in [9.17, 15) is 13.2 Å². The number of hydrogen-bond donors (Lipinski definition) is 2. The monoisotopic (exact) mass is 438 g/mol. The number of alkyl halides is 3. The summed E-state index contributed by atoms with van der Waals surface area (Å²) >= 11 is 1.72. The third-order valence-corrected chi connectivity index (χ3v) is 6.94. The third-order valence-electron chi connectivity index (χ3n) is 5.79. The van der Waals surface area contributed by atoms with Crippen LogP contribution in [0.25, 0.3) is 42.3 Å². The molecule has 0 saturated carbocycles. The molecule has 2 nitrogen and oxygen atoms in total. The van der Waals surface area contributed by atoms with Crippen molar-refractivity contribution < 1.29 is 13.2 Å². The third kappa shape index (κ3) is 3.50. The lowest BCUT2D eigenvalue weighted by molar-refractivity contribution is -0.136. The van der Waals surface area contributed by atoms with Crippen LogP contribution in [0, 0.1) is 0 Å². The largest absolute Gasteiger partial charge is 0.418 e. The first-order chi connectivity index (χ1) is 15.0. The molecular formula is C25H21F3N2S. The van der Waals surface area contributed by atoms with Crippen LogP contribution in [0.15, 0.2) is 60.7 Å². The standard InChI is InChI=1S/C25H21F3N2S/c26-25(27,28)20-9-5-8-18-17(7-3-4-13-29)23(30-24(18)20)15-11-12-22-19(14-15)16-6-1-2-10-21(16)31-22/h1-2,5-6,8-12,14,30H,3-4,7,13,29H2. The smallest absolute Gasteiger partial charge is 0.354 e. The Labute approximate surface area is 181 Å². The summed E-state index contributed by atoms with van der Waals surface area (Å²) < 4.78 is 43.4. The Morgan fingerprint density at radius 1 is 0.839 bits per heavy atom. The number of halogens is 3. The quantitative estimate of drug-likeness (QED) is 0.274. The molecule has 3 N–H and O–H groups in total. The molecule has 158 valence electrons. The van der Waals surface area contributed by atoms with Gasteiger partial charge in [0.25, 0.3) is 0 Å². The number of benzene rings is 3. The Hall–Kier alpha value is -2.83. The second-order valence-corrected chi connectivity index (χ2v) is 8.84. The molecule has 0 aliphatic rings. The summed E-state index contributed by atoms with van der Waals surface area (Å²) in [6.07, 6.45) is -2.07. The summed E-state index contributed by atoms with van der Waals surface area (Å²) in [5, 5.41) is 2.93. The molecule has 0 unspecified atom stereocenters. The van der Waals surface area contributed by atoms with E-state index in [0.717, 1.165) is 41.1 Å². The van der Waals surface area contributed by atoms with Crippen LogP contribution in [0.5, 0.6) is 0 Å². The van der Waals surface area contributed by atoms with Gasteiger partial charge in [-0.1, -0.05) is 36.4 Å². The van der Waals surface area contributed by atoms with Gasteiger partial charge in [-0.2, -0.15) is 13.2 Å². The maximum absolute atomic E-state index is 13.7. The van der Waals surface area contributed by atoms with E-state index in [0.29, 0.717) is 18.4 Å². The van der Waals surface area contributed by atoms with Gasteiger partial charge in [-0.3, -0.25) is 0 Å². The zero-order valence-corrected chi connectivity index (χ0v) is 17.5. The number of hydrogen-bond acceptors (Lipinski definition) is 2. The molecule has 0 bridgehead atoms. The number of aromatic nitrogens is 1. The van der Waals surface area contributed by atoms with Crippen LogP contribution in [0.3, 0.4) is 0 Å². The maximum Gasteiger partial charge on any atom is 0.418 e. The average molecular weight is 439 g/mol. The molecule has 0 aliphatic carbocycles. The van der Waals surface area contributed by atoms with Crippen LogP contribution in [-0.4, -0.2) is 11.5 Å². The minimum absolute atomic E-state index is 0.156. The van der Waals surface area contributed by atoms with E-state index in [1.54, 1.807) is 17.4 Å². The fraction of sp³-hybridized carbons (Fsp3) is 0.200. The molecule has 0 radical (unpaired) electrons. The molecule has 2 heterocycles. The molecule has 5 rings (SSSR count). The molecule has 6 heteroatoms. The molecular weight excluding hydrogens is 417 g/mol. The predicted octanol–water partition coefficient (Wildman–Crippen LogP) is 7.50. The number of nitrogens with one attached hydrogen (secondary N) is 1. The van der Waals surface area contributed by atoms with E-state index in [1.165, 1.54) is 20.9 Å². The van der Waals surface area contributed by atoms with Crippen molar-refractivity contribution in [1.29, 1.82) is 0 Å². The molecule has 3 aromatic carbocycles. The SMILES string of the molecule is NCCCCc1c(-c2ccc3sc4ccccc4c3c2)[nH]c2c(C(F)(F)F)cccc12. The molecule has 31 heavy (non-hydrogen) atoms. The molecule has 2 aromatic heterocycles. The van der Waals surface area contributed by atoms with Crippen LogP contribution >= 0.6 is 11.3 Å². The number of rotatable bonds is 5. The highest BCUT2D eigenvalue weighted by molar-refractivity contribution is 7.25. The van der Waals surface area contributed by atoms with E-state index in [2.05, 4.69) is 29.2 Å². The number of aromatic amines is 1. The van der Waals surface area contributed by atoms with Gasteiger partial charge in [0.2, 0.25) is 0 Å². The van der Waals surface area contributed by atoms with Gasteiger partial charge in [0.15, 0.2) is 0 Å². The van der Waals surface area contributed by atoms with Crippen molar-refractivity contribution in [3.63, 3.8) is 0 Å². The van der Waals surface area contributed by atoms with Crippen molar-refractivity contribution in [2.45, 2.75) is 25.4 Å². The Morgan fingerprint density at radius 2 is 1.61 bits per heavy atom. The van der Waals surface area contributed by atoms with Crippen molar-refractivity contribution in [3.05, 3.63) is 71.8 Å². The number of aryl methyl sites for hydroxylation is 1. The number of para-hydroxylation sites is 1. The topological polar surface area (TPSA) is 41.8 Å². The van der Waals surface area contributed by atoms with E-state index in [4.69, 9.17) is 5.73 Å². The van der Waals surface area contributed by atoms with Crippen molar-refractivity contribution in [2.75, 3.05) is 6.54 Å². The molecule has 0 fully saturated rings. The van der Waals surface area contributed by atoms with Crippen molar-refractivity contribution in [2.24, 2.45) is 5.73 Å². The van der Waals surface area contributed by atoms with E-state index >= 15 is 0 Å². The minimum atomic E-state index is -4.41. The Kier molecular flexibility index (Phi) is 4.99. The Balaban J connectivity index is 1.74. The van der Waals surface area contributed by atoms with Crippen LogP contribution < -0.4 is 5.73 Å². The van der Waals surface area contributed by atoms with E-state index in [1.807, 2.05) is 18.2 Å². The first kappa shape index (κ1) is 20.1. The number of thiophene rings is 1. The van der Waals surface area contributed by atoms with Crippen molar-refractivity contribution >= 4 is 42.4 Å². The predicted molar refractivity (Wildman–Crippen MR) is 124 cm³/mol. The molecule has 5 aromatic rings. The highest BCUT2D eigenvalue weighted by Crippen LogP contribution is 2.41. The van der Waals surface area contributed by atoms with Gasteiger partial charge < -0.3 is 10.7 Å². The molecule has 0 saturated heterocycles. The summed E-state index contributed by atoms with van der Waals surface area (Å²) in [6.45, 7) is 0.568. The zero-order chi connectivity index (χ0) is 21.6. The lowest BCUT2D eigenvalue weighted by Gasteiger charge is -2.07. The van der Waals surface area contributed by atoms with Gasteiger partial charge in [-0.25, -0.2) is 0 Å². The second-order valence-electron chi connectivity index (χ2n) is 7.76. The van der Waals surface area contributed by atoms with E-state index in [-0.39, 0.29) is 5.52 Å². The summed E-state index contributed by atoms with van der Waals surface area (Å²) in [5.41, 5.74) is 7.78. The highest BCUT2D eigenvalue weighted by atomic mass is 32.1. The number of fused-ring (bicyclic) bond motifs is 4. The lowest BCUT2D eigenvalue weighted by Crippen LogP contribution is -2.05. The maximum atomic E-state index is 13.7. The number of H-pyrrole nitrogens is 1. The molecule has 0 atom stereocenters. The first-order valence-corrected chi connectivity index (χ1v) is 11.1. The molecule has 0 amide bonds. The summed E-state index contributed by atoms with van der Waals surface area (Å²) in [4.78, 5) is 3.14. The Morgan fingerprint density at radius 3 is 2.42 bits per heavy atom. The molecule has 0 aliphatic heterocycles. The average Bonchev–Trinajstić information content (AvgIpc) is 3.31. The number of nitrogens with two attached hydrogens (primary N) is 1. The van der Waals surface area contributed by atoms with Gasteiger partial charge in [0.1, 0.15) is 0 Å². The fourth-order valence-electron chi connectivity index (χ4n) is 4.34. The van der Waals surface area contributed by atoms with Gasteiger partial charge in [0.05, 0.1) is 11.1 Å². The van der Waals surface area contributed by atoms with Crippen LogP contribution in [-0.2, 0) is 12.6 Å². The van der Waals surface area contributed by atoms with Gasteiger partial charge in [0, 0.05) is 31.3 Å². The zero-order valence-electron chi connectivity index (χ0n) is 16.7. The lowest BCUT2D eigenvalue weighted by atomic mass is 9.98. The minimum Gasteiger partial charge on any atom is -0.354 e.